The topological polar surface area (TPSA) is 69.3 Å². The predicted molar refractivity (Wildman–Crippen MR) is 83.8 cm³/mol. The summed E-state index contributed by atoms with van der Waals surface area (Å²) < 4.78 is 13.1. The van der Waals surface area contributed by atoms with Gasteiger partial charge in [0.25, 0.3) is 5.91 Å². The maximum Gasteiger partial charge on any atom is 0.274 e. The van der Waals surface area contributed by atoms with Gasteiger partial charge in [0.2, 0.25) is 0 Å². The Labute approximate surface area is 132 Å². The molecule has 0 aliphatic carbocycles. The van der Waals surface area contributed by atoms with Crippen molar-refractivity contribution in [3.05, 3.63) is 34.1 Å². The first-order chi connectivity index (χ1) is 10.2. The number of nitrogens with one attached hydrogen (secondary N) is 1. The van der Waals surface area contributed by atoms with E-state index in [1.807, 2.05) is 16.0 Å². The summed E-state index contributed by atoms with van der Waals surface area (Å²) in [7, 11) is 1.63. The van der Waals surface area contributed by atoms with Crippen molar-refractivity contribution in [3.63, 3.8) is 0 Å². The number of methoxy groups -OCH3 is 1. The number of aromatic nitrogens is 2. The van der Waals surface area contributed by atoms with E-state index < -0.39 is 0 Å². The third kappa shape index (κ3) is 2.87. The Hall–Kier alpha value is -1.64. The number of hydrogen-bond acceptors (Lipinski definition) is 5. The highest BCUT2D eigenvalue weighted by atomic mass is 79.9. The molecule has 3 heterocycles. The fraction of sp³-hybridized carbons (Fsp3) is 0.231. The summed E-state index contributed by atoms with van der Waals surface area (Å²) in [5, 5.41) is 5.15. The van der Waals surface area contributed by atoms with Crippen LogP contribution in [0.1, 0.15) is 10.5 Å². The molecule has 3 aromatic rings. The van der Waals surface area contributed by atoms with Crippen molar-refractivity contribution in [3.8, 4) is 0 Å². The Morgan fingerprint density at radius 1 is 1.57 bits per heavy atom. The van der Waals surface area contributed by atoms with Crippen molar-refractivity contribution in [1.29, 1.82) is 0 Å². The van der Waals surface area contributed by atoms with E-state index in [2.05, 4.69) is 26.2 Å². The van der Waals surface area contributed by atoms with Crippen LogP contribution in [0.25, 0.3) is 11.1 Å². The van der Waals surface area contributed by atoms with Gasteiger partial charge in [0.1, 0.15) is 5.69 Å². The molecule has 6 nitrogen and oxygen atoms in total. The van der Waals surface area contributed by atoms with Gasteiger partial charge in [0, 0.05) is 37.4 Å². The molecule has 3 rings (SSSR count). The summed E-state index contributed by atoms with van der Waals surface area (Å²) in [5.74, 6) is -0.219. The van der Waals surface area contributed by atoms with E-state index in [9.17, 15) is 4.79 Å². The molecule has 8 heteroatoms. The molecular formula is C13H12BrN3O3S. The van der Waals surface area contributed by atoms with Crippen LogP contribution in [0.2, 0.25) is 0 Å². The number of halogens is 1. The molecule has 0 saturated carbocycles. The minimum absolute atomic E-state index is 0.219. The zero-order valence-electron chi connectivity index (χ0n) is 11.1. The van der Waals surface area contributed by atoms with Gasteiger partial charge in [-0.2, -0.15) is 0 Å². The highest BCUT2D eigenvalue weighted by molar-refractivity contribution is 9.10. The van der Waals surface area contributed by atoms with E-state index in [-0.39, 0.29) is 5.91 Å². The first-order valence-electron chi connectivity index (χ1n) is 6.17. The lowest BCUT2D eigenvalue weighted by molar-refractivity contribution is 0.101. The fourth-order valence-electron chi connectivity index (χ4n) is 2.07. The van der Waals surface area contributed by atoms with Gasteiger partial charge in [-0.3, -0.25) is 10.1 Å². The minimum Gasteiger partial charge on any atom is -0.448 e. The molecular weight excluding hydrogens is 358 g/mol. The lowest BCUT2D eigenvalue weighted by Crippen LogP contribution is -2.18. The van der Waals surface area contributed by atoms with Gasteiger partial charge >= 0.3 is 0 Å². The number of carbonyl (C=O) groups is 1. The van der Waals surface area contributed by atoms with Crippen molar-refractivity contribution in [1.82, 2.24) is 9.55 Å². The number of anilines is 1. The van der Waals surface area contributed by atoms with Crippen molar-refractivity contribution in [2.75, 3.05) is 19.0 Å². The number of fused-ring (bicyclic) bond motifs is 1. The molecule has 0 bridgehead atoms. The summed E-state index contributed by atoms with van der Waals surface area (Å²) in [6.45, 7) is 1.07. The molecule has 1 N–H and O–H groups in total. The molecule has 0 atom stereocenters. The van der Waals surface area contributed by atoms with Crippen LogP contribution in [0.4, 0.5) is 5.13 Å². The van der Waals surface area contributed by atoms with Crippen LogP contribution in [0, 0.1) is 0 Å². The van der Waals surface area contributed by atoms with Crippen LogP contribution in [0.15, 0.2) is 32.8 Å². The maximum atomic E-state index is 12.4. The number of nitrogens with zero attached hydrogens (tertiary/aromatic N) is 2. The first kappa shape index (κ1) is 14.3. The van der Waals surface area contributed by atoms with Crippen molar-refractivity contribution in [2.24, 2.45) is 0 Å². The molecule has 0 aromatic carbocycles. The number of hydrogen-bond donors (Lipinski definition) is 1. The van der Waals surface area contributed by atoms with Gasteiger partial charge in [-0.1, -0.05) is 0 Å². The summed E-state index contributed by atoms with van der Waals surface area (Å²) >= 11 is 4.67. The van der Waals surface area contributed by atoms with Gasteiger partial charge in [0.05, 0.1) is 12.1 Å². The van der Waals surface area contributed by atoms with Crippen LogP contribution in [0.3, 0.4) is 0 Å². The van der Waals surface area contributed by atoms with Crippen LogP contribution in [-0.4, -0.2) is 29.2 Å². The maximum absolute atomic E-state index is 12.4. The van der Waals surface area contributed by atoms with Gasteiger partial charge in [0.15, 0.2) is 15.4 Å². The van der Waals surface area contributed by atoms with E-state index >= 15 is 0 Å². The third-order valence-corrected chi connectivity index (χ3v) is 4.04. The smallest absolute Gasteiger partial charge is 0.274 e. The van der Waals surface area contributed by atoms with E-state index in [4.69, 9.17) is 9.15 Å². The fourth-order valence-corrected chi connectivity index (χ4v) is 2.98. The highest BCUT2D eigenvalue weighted by Gasteiger charge is 2.19. The molecule has 0 radical (unpaired) electrons. The number of amides is 1. The molecule has 0 aliphatic rings. The second-order valence-corrected chi connectivity index (χ2v) is 5.94. The van der Waals surface area contributed by atoms with E-state index in [0.717, 1.165) is 5.52 Å². The van der Waals surface area contributed by atoms with Crippen molar-refractivity contribution < 1.29 is 13.9 Å². The quantitative estimate of drug-likeness (QED) is 0.748. The molecule has 0 unspecified atom stereocenters. The predicted octanol–water partition coefficient (Wildman–Crippen LogP) is 3.35. The Morgan fingerprint density at radius 2 is 2.43 bits per heavy atom. The van der Waals surface area contributed by atoms with Gasteiger partial charge < -0.3 is 13.7 Å². The average molecular weight is 370 g/mol. The number of thiazole rings is 1. The Kier molecular flexibility index (Phi) is 4.09. The Morgan fingerprint density at radius 3 is 3.14 bits per heavy atom. The zero-order valence-corrected chi connectivity index (χ0v) is 13.5. The van der Waals surface area contributed by atoms with Crippen molar-refractivity contribution >= 4 is 49.4 Å². The molecule has 21 heavy (non-hydrogen) atoms. The Balaban J connectivity index is 1.95. The lowest BCUT2D eigenvalue weighted by atomic mass is 10.4. The first-order valence-corrected chi connectivity index (χ1v) is 7.84. The second-order valence-electron chi connectivity index (χ2n) is 4.27. The standard InChI is InChI=1S/C13H12BrN3O3S/c1-19-4-3-17-8-7-11(14)20-10(8)6-9(17)12(18)16-13-15-2-5-21-13/h2,5-7H,3-4H2,1H3,(H,15,16,18). The molecule has 110 valence electrons. The van der Waals surface area contributed by atoms with Crippen LogP contribution >= 0.6 is 27.3 Å². The van der Waals surface area contributed by atoms with Crippen LogP contribution in [0.5, 0.6) is 0 Å². The number of furan rings is 1. The van der Waals surface area contributed by atoms with Crippen molar-refractivity contribution in [2.45, 2.75) is 6.54 Å². The van der Waals surface area contributed by atoms with Crippen LogP contribution < -0.4 is 5.32 Å². The van der Waals surface area contributed by atoms with Gasteiger partial charge in [-0.05, 0) is 15.9 Å². The average Bonchev–Trinajstić information content (AvgIpc) is 3.13. The normalized spacial score (nSPS) is 11.1. The summed E-state index contributed by atoms with van der Waals surface area (Å²) in [6, 6.07) is 3.56. The van der Waals surface area contributed by atoms with E-state index in [1.54, 1.807) is 19.4 Å². The summed E-state index contributed by atoms with van der Waals surface area (Å²) in [6.07, 6.45) is 1.65. The monoisotopic (exact) mass is 369 g/mol. The molecule has 0 fully saturated rings. The number of ether oxygens (including phenoxy) is 1. The SMILES string of the molecule is COCCn1c(C(=O)Nc2nccs2)cc2oc(Br)cc21. The second kappa shape index (κ2) is 6.00. The Bertz CT molecular complexity index is 763. The van der Waals surface area contributed by atoms with Gasteiger partial charge in [-0.15, -0.1) is 11.3 Å². The third-order valence-electron chi connectivity index (χ3n) is 2.96. The lowest BCUT2D eigenvalue weighted by Gasteiger charge is -2.08. The molecule has 0 spiro atoms. The molecule has 0 saturated heterocycles. The van der Waals surface area contributed by atoms with Crippen LogP contribution in [-0.2, 0) is 11.3 Å². The van der Waals surface area contributed by atoms with E-state index in [1.165, 1.54) is 11.3 Å². The zero-order chi connectivity index (χ0) is 14.8. The molecule has 1 amide bonds. The summed E-state index contributed by atoms with van der Waals surface area (Å²) in [5.41, 5.74) is 2.02. The molecule has 3 aromatic heterocycles. The number of rotatable bonds is 5. The number of carbonyl (C=O) groups excluding carboxylic acids is 1. The largest absolute Gasteiger partial charge is 0.448 e. The summed E-state index contributed by atoms with van der Waals surface area (Å²) in [4.78, 5) is 16.4. The molecule has 0 aliphatic heterocycles. The van der Waals surface area contributed by atoms with Gasteiger partial charge in [-0.25, -0.2) is 4.98 Å². The highest BCUT2D eigenvalue weighted by Crippen LogP contribution is 2.27. The van der Waals surface area contributed by atoms with E-state index in [0.29, 0.717) is 34.2 Å². The minimum atomic E-state index is -0.219.